The maximum atomic E-state index is 13.5. The zero-order valence-corrected chi connectivity index (χ0v) is 25.5. The Morgan fingerprint density at radius 2 is 1.50 bits per heavy atom. The summed E-state index contributed by atoms with van der Waals surface area (Å²) in [5, 5.41) is 9.12. The molecular formula is C32H26Cl3N3O3S. The van der Waals surface area contributed by atoms with Gasteiger partial charge in [0.05, 0.1) is 15.3 Å². The molecule has 3 N–H and O–H groups in total. The predicted octanol–water partition coefficient (Wildman–Crippen LogP) is 8.57. The van der Waals surface area contributed by atoms with Crippen LogP contribution in [0.2, 0.25) is 15.1 Å². The fourth-order valence-corrected chi connectivity index (χ4v) is 5.42. The van der Waals surface area contributed by atoms with E-state index in [2.05, 4.69) is 16.0 Å². The van der Waals surface area contributed by atoms with Crippen LogP contribution in [0.3, 0.4) is 0 Å². The van der Waals surface area contributed by atoms with Crippen LogP contribution >= 0.6 is 46.6 Å². The number of thioether (sulfide) groups is 1. The number of benzene rings is 4. The molecule has 42 heavy (non-hydrogen) atoms. The first kappa shape index (κ1) is 31.2. The summed E-state index contributed by atoms with van der Waals surface area (Å²) in [5.74, 6) is -1.19. The van der Waals surface area contributed by atoms with Crippen molar-refractivity contribution in [2.45, 2.75) is 23.5 Å². The Morgan fingerprint density at radius 1 is 0.810 bits per heavy atom. The number of nitrogens with one attached hydrogen (secondary N) is 3. The second kappa shape index (κ2) is 14.9. The summed E-state index contributed by atoms with van der Waals surface area (Å²) in [7, 11) is 0. The average Bonchev–Trinajstić information content (AvgIpc) is 2.98. The molecule has 4 aromatic carbocycles. The van der Waals surface area contributed by atoms with Gasteiger partial charge in [-0.15, -0.1) is 11.8 Å². The van der Waals surface area contributed by atoms with Crippen LogP contribution in [0, 0.1) is 0 Å². The lowest BCUT2D eigenvalue weighted by Crippen LogP contribution is -2.30. The molecule has 0 saturated carbocycles. The van der Waals surface area contributed by atoms with Crippen molar-refractivity contribution in [3.63, 3.8) is 0 Å². The minimum Gasteiger partial charge on any atom is -0.325 e. The molecule has 0 saturated heterocycles. The molecule has 1 unspecified atom stereocenters. The number of hydrogen-bond acceptors (Lipinski definition) is 4. The second-order valence-corrected chi connectivity index (χ2v) is 11.5. The van der Waals surface area contributed by atoms with Gasteiger partial charge in [0, 0.05) is 26.9 Å². The third-order valence-corrected chi connectivity index (χ3v) is 8.36. The number of carbonyl (C=O) groups is 3. The number of rotatable bonds is 10. The Balaban J connectivity index is 1.53. The number of anilines is 2. The lowest BCUT2D eigenvalue weighted by atomic mass is 10.1. The lowest BCUT2D eigenvalue weighted by molar-refractivity contribution is -0.116. The van der Waals surface area contributed by atoms with Crippen molar-refractivity contribution in [3.8, 4) is 0 Å². The topological polar surface area (TPSA) is 87.3 Å². The highest BCUT2D eigenvalue weighted by Gasteiger charge is 2.20. The van der Waals surface area contributed by atoms with Gasteiger partial charge in [-0.25, -0.2) is 0 Å². The molecule has 0 aliphatic carbocycles. The SMILES string of the molecule is CCC(Sc1cccc(NC(=O)/C(=C\c2cccc(Cl)c2Cl)NC(=O)c2ccccc2)c1)C(=O)Nc1cccc(Cl)c1. The maximum absolute atomic E-state index is 13.5. The molecule has 3 amide bonds. The Kier molecular flexibility index (Phi) is 11.1. The van der Waals surface area contributed by atoms with Gasteiger partial charge in [-0.3, -0.25) is 14.4 Å². The highest BCUT2D eigenvalue weighted by molar-refractivity contribution is 8.00. The van der Waals surface area contributed by atoms with E-state index in [-0.39, 0.29) is 21.9 Å². The van der Waals surface area contributed by atoms with Gasteiger partial charge < -0.3 is 16.0 Å². The summed E-state index contributed by atoms with van der Waals surface area (Å²) in [5.41, 5.74) is 1.91. The molecule has 0 aromatic heterocycles. The van der Waals surface area contributed by atoms with Crippen molar-refractivity contribution in [2.75, 3.05) is 10.6 Å². The molecule has 0 bridgehead atoms. The average molecular weight is 639 g/mol. The molecule has 0 heterocycles. The monoisotopic (exact) mass is 637 g/mol. The summed E-state index contributed by atoms with van der Waals surface area (Å²) in [6.07, 6.45) is 2.04. The van der Waals surface area contributed by atoms with E-state index in [0.29, 0.717) is 39.0 Å². The van der Waals surface area contributed by atoms with Crippen molar-refractivity contribution in [2.24, 2.45) is 0 Å². The van der Waals surface area contributed by atoms with E-state index in [1.807, 2.05) is 13.0 Å². The Bertz CT molecular complexity index is 1630. The van der Waals surface area contributed by atoms with Gasteiger partial charge in [0.25, 0.3) is 11.8 Å². The number of carbonyl (C=O) groups excluding carboxylic acids is 3. The molecule has 0 spiro atoms. The molecule has 10 heteroatoms. The minimum absolute atomic E-state index is 0.0292. The quantitative estimate of drug-likeness (QED) is 0.120. The van der Waals surface area contributed by atoms with E-state index >= 15 is 0 Å². The molecule has 4 rings (SSSR count). The molecule has 6 nitrogen and oxygen atoms in total. The summed E-state index contributed by atoms with van der Waals surface area (Å²) < 4.78 is 0. The normalized spacial score (nSPS) is 11.9. The number of halogens is 3. The van der Waals surface area contributed by atoms with Crippen LogP contribution in [0.5, 0.6) is 0 Å². The summed E-state index contributed by atoms with van der Waals surface area (Å²) in [4.78, 5) is 40.1. The Morgan fingerprint density at radius 3 is 2.21 bits per heavy atom. The first-order chi connectivity index (χ1) is 20.2. The fourth-order valence-electron chi connectivity index (χ4n) is 3.85. The van der Waals surface area contributed by atoms with Gasteiger partial charge >= 0.3 is 0 Å². The van der Waals surface area contributed by atoms with Crippen LogP contribution in [-0.2, 0) is 9.59 Å². The molecule has 0 aliphatic rings. The third kappa shape index (κ3) is 8.63. The molecule has 1 atom stereocenters. The van der Waals surface area contributed by atoms with Crippen LogP contribution < -0.4 is 16.0 Å². The summed E-state index contributed by atoms with van der Waals surface area (Å²) >= 11 is 19.9. The van der Waals surface area contributed by atoms with Gasteiger partial charge in [-0.1, -0.05) is 84.2 Å². The van der Waals surface area contributed by atoms with Crippen LogP contribution in [0.15, 0.2) is 108 Å². The van der Waals surface area contributed by atoms with E-state index in [0.717, 1.165) is 4.90 Å². The Hall–Kier alpha value is -3.75. The van der Waals surface area contributed by atoms with Crippen molar-refractivity contribution in [3.05, 3.63) is 129 Å². The van der Waals surface area contributed by atoms with Gasteiger partial charge in [0.15, 0.2) is 0 Å². The van der Waals surface area contributed by atoms with Crippen LogP contribution in [0.25, 0.3) is 6.08 Å². The van der Waals surface area contributed by atoms with E-state index in [9.17, 15) is 14.4 Å². The van der Waals surface area contributed by atoms with Gasteiger partial charge in [-0.05, 0) is 72.7 Å². The Labute approximate surface area is 263 Å². The zero-order valence-electron chi connectivity index (χ0n) is 22.4. The van der Waals surface area contributed by atoms with Crippen molar-refractivity contribution in [1.82, 2.24) is 5.32 Å². The molecule has 0 fully saturated rings. The van der Waals surface area contributed by atoms with Crippen molar-refractivity contribution < 1.29 is 14.4 Å². The van der Waals surface area contributed by atoms with Gasteiger partial charge in [0.2, 0.25) is 5.91 Å². The van der Waals surface area contributed by atoms with Crippen LogP contribution in [0.4, 0.5) is 11.4 Å². The molecule has 0 aliphatic heterocycles. The fraction of sp³-hybridized carbons (Fsp3) is 0.0938. The smallest absolute Gasteiger partial charge is 0.272 e. The van der Waals surface area contributed by atoms with Gasteiger partial charge in [-0.2, -0.15) is 0 Å². The molecule has 214 valence electrons. The van der Waals surface area contributed by atoms with Crippen molar-refractivity contribution in [1.29, 1.82) is 0 Å². The van der Waals surface area contributed by atoms with Crippen LogP contribution in [0.1, 0.15) is 29.3 Å². The maximum Gasteiger partial charge on any atom is 0.272 e. The zero-order chi connectivity index (χ0) is 30.1. The summed E-state index contributed by atoms with van der Waals surface area (Å²) in [6.45, 7) is 1.92. The largest absolute Gasteiger partial charge is 0.325 e. The van der Waals surface area contributed by atoms with Crippen LogP contribution in [-0.4, -0.2) is 23.0 Å². The minimum atomic E-state index is -0.566. The highest BCUT2D eigenvalue weighted by atomic mass is 35.5. The third-order valence-electron chi connectivity index (χ3n) is 5.94. The van der Waals surface area contributed by atoms with Gasteiger partial charge in [0.1, 0.15) is 5.70 Å². The second-order valence-electron chi connectivity index (χ2n) is 9.02. The van der Waals surface area contributed by atoms with E-state index in [1.165, 1.54) is 17.8 Å². The highest BCUT2D eigenvalue weighted by Crippen LogP contribution is 2.30. The number of amides is 3. The van der Waals surface area contributed by atoms with Crippen molar-refractivity contribution >= 4 is 81.7 Å². The predicted molar refractivity (Wildman–Crippen MR) is 173 cm³/mol. The standard InChI is InChI=1S/C32H26Cl3N3O3S/c1-2-28(32(41)37-23-13-7-12-22(33)18-23)42-25-15-8-14-24(19-25)36-31(40)27(17-21-11-6-16-26(34)29(21)35)38-30(39)20-9-4-3-5-10-20/h3-19,28H,2H2,1H3,(H,36,40)(H,37,41)(H,38,39)/b27-17+. The molecule has 4 aromatic rings. The first-order valence-electron chi connectivity index (χ1n) is 12.9. The van der Waals surface area contributed by atoms with E-state index < -0.39 is 11.8 Å². The summed E-state index contributed by atoms with van der Waals surface area (Å²) in [6, 6.07) is 27.6. The number of hydrogen-bond donors (Lipinski definition) is 3. The van der Waals surface area contributed by atoms with E-state index in [4.69, 9.17) is 34.8 Å². The molecule has 0 radical (unpaired) electrons. The van der Waals surface area contributed by atoms with E-state index in [1.54, 1.807) is 91.0 Å². The lowest BCUT2D eigenvalue weighted by Gasteiger charge is -2.16. The molecular weight excluding hydrogens is 613 g/mol. The first-order valence-corrected chi connectivity index (χ1v) is 14.9.